The lowest BCUT2D eigenvalue weighted by atomic mass is 10.2. The van der Waals surface area contributed by atoms with Crippen LogP contribution in [0.25, 0.3) is 0 Å². The Morgan fingerprint density at radius 2 is 2.11 bits per heavy atom. The molecule has 8 heteroatoms. The molecule has 0 spiro atoms. The number of hydrogen-bond acceptors (Lipinski definition) is 2. The number of hydrogen-bond donors (Lipinski definition) is 1. The first kappa shape index (κ1) is 14.0. The number of anilines is 1. The van der Waals surface area contributed by atoms with Crippen LogP contribution in [0.15, 0.2) is 18.2 Å². The second kappa shape index (κ2) is 5.28. The molecule has 0 aliphatic carbocycles. The third kappa shape index (κ3) is 3.12. The minimum atomic E-state index is -4.78. The van der Waals surface area contributed by atoms with Crippen LogP contribution >= 0.6 is 11.8 Å². The van der Waals surface area contributed by atoms with Crippen molar-refractivity contribution in [2.45, 2.75) is 6.18 Å². The van der Waals surface area contributed by atoms with Crippen LogP contribution in [0.2, 0.25) is 0 Å². The molecule has 1 aliphatic rings. The molecule has 1 aromatic carbocycles. The van der Waals surface area contributed by atoms with E-state index in [-0.39, 0.29) is 0 Å². The maximum atomic E-state index is 13.7. The minimum absolute atomic E-state index is 0.451. The Bertz CT molecular complexity index is 486. The van der Waals surface area contributed by atoms with Gasteiger partial charge in [-0.3, -0.25) is 0 Å². The van der Waals surface area contributed by atoms with Gasteiger partial charge in [0.15, 0.2) is 5.82 Å². The summed E-state index contributed by atoms with van der Waals surface area (Å²) in [5.41, 5.74) is -1.85. The van der Waals surface area contributed by atoms with E-state index in [2.05, 4.69) is 5.32 Å². The monoisotopic (exact) mass is 294 g/mol. The van der Waals surface area contributed by atoms with E-state index in [0.717, 1.165) is 17.9 Å². The average Bonchev–Trinajstić information content (AvgIpc) is 2.83. The van der Waals surface area contributed by atoms with Gasteiger partial charge in [-0.05, 0) is 12.1 Å². The largest absolute Gasteiger partial charge is 0.419 e. The molecule has 1 N–H and O–H groups in total. The molecule has 0 bridgehead atoms. The second-order valence-electron chi connectivity index (χ2n) is 3.90. The van der Waals surface area contributed by atoms with Crippen molar-refractivity contribution in [3.63, 3.8) is 0 Å². The highest BCUT2D eigenvalue weighted by Gasteiger charge is 2.35. The molecule has 19 heavy (non-hydrogen) atoms. The van der Waals surface area contributed by atoms with Crippen molar-refractivity contribution < 1.29 is 22.4 Å². The average molecular weight is 294 g/mol. The first-order valence-electron chi connectivity index (χ1n) is 5.39. The Morgan fingerprint density at radius 1 is 1.37 bits per heavy atom. The van der Waals surface area contributed by atoms with Crippen LogP contribution in [0.3, 0.4) is 0 Å². The highest BCUT2D eigenvalue weighted by atomic mass is 32.2. The normalized spacial score (nSPS) is 15.7. The Balaban J connectivity index is 2.19. The highest BCUT2D eigenvalue weighted by molar-refractivity contribution is 7.99. The van der Waals surface area contributed by atoms with Gasteiger partial charge in [0.1, 0.15) is 0 Å². The Morgan fingerprint density at radius 3 is 2.68 bits per heavy atom. The van der Waals surface area contributed by atoms with Gasteiger partial charge in [0, 0.05) is 12.3 Å². The molecule has 1 fully saturated rings. The number of benzene rings is 1. The summed E-state index contributed by atoms with van der Waals surface area (Å²) in [7, 11) is 0. The van der Waals surface area contributed by atoms with Crippen LogP contribution in [-0.4, -0.2) is 29.1 Å². The third-order valence-corrected chi connectivity index (χ3v) is 3.55. The number of alkyl halides is 3. The molecule has 1 saturated heterocycles. The molecule has 0 radical (unpaired) electrons. The van der Waals surface area contributed by atoms with E-state index < -0.39 is 29.3 Å². The van der Waals surface area contributed by atoms with E-state index in [1.54, 1.807) is 0 Å². The lowest BCUT2D eigenvalue weighted by Crippen LogP contribution is -2.32. The van der Waals surface area contributed by atoms with Gasteiger partial charge in [0.05, 0.1) is 17.1 Å². The number of carbonyl (C=O) groups is 1. The molecule has 1 aromatic rings. The maximum absolute atomic E-state index is 13.7. The summed E-state index contributed by atoms with van der Waals surface area (Å²) < 4.78 is 51.2. The van der Waals surface area contributed by atoms with Gasteiger partial charge in [-0.1, -0.05) is 6.07 Å². The fourth-order valence-electron chi connectivity index (χ4n) is 1.62. The Hall–Kier alpha value is -1.44. The topological polar surface area (TPSA) is 32.3 Å². The van der Waals surface area contributed by atoms with Crippen molar-refractivity contribution in [1.82, 2.24) is 4.90 Å². The van der Waals surface area contributed by atoms with E-state index in [1.807, 2.05) is 0 Å². The van der Waals surface area contributed by atoms with E-state index in [4.69, 9.17) is 0 Å². The molecule has 1 heterocycles. The fourth-order valence-corrected chi connectivity index (χ4v) is 2.56. The number of rotatable bonds is 1. The first-order chi connectivity index (χ1) is 8.89. The zero-order chi connectivity index (χ0) is 14.0. The van der Waals surface area contributed by atoms with E-state index in [9.17, 15) is 22.4 Å². The predicted octanol–water partition coefficient (Wildman–Crippen LogP) is 3.38. The van der Waals surface area contributed by atoms with Gasteiger partial charge in [-0.15, -0.1) is 11.8 Å². The molecule has 1 aliphatic heterocycles. The zero-order valence-corrected chi connectivity index (χ0v) is 10.4. The molecular weight excluding hydrogens is 284 g/mol. The molecule has 2 amide bonds. The van der Waals surface area contributed by atoms with Gasteiger partial charge >= 0.3 is 12.2 Å². The summed E-state index contributed by atoms with van der Waals surface area (Å²) in [6, 6.07) is 2.20. The molecular formula is C11H10F4N2OS. The fraction of sp³-hybridized carbons (Fsp3) is 0.364. The summed E-state index contributed by atoms with van der Waals surface area (Å²) in [6.45, 7) is 0.497. The highest BCUT2D eigenvalue weighted by Crippen LogP contribution is 2.34. The van der Waals surface area contributed by atoms with E-state index >= 15 is 0 Å². The van der Waals surface area contributed by atoms with Crippen LogP contribution in [0.4, 0.5) is 28.0 Å². The molecule has 0 unspecified atom stereocenters. The van der Waals surface area contributed by atoms with Crippen LogP contribution in [0.5, 0.6) is 0 Å². The van der Waals surface area contributed by atoms with Crippen LogP contribution in [-0.2, 0) is 6.18 Å². The summed E-state index contributed by atoms with van der Waals surface area (Å²) >= 11 is 1.52. The predicted molar refractivity (Wildman–Crippen MR) is 64.5 cm³/mol. The van der Waals surface area contributed by atoms with Crippen molar-refractivity contribution in [3.05, 3.63) is 29.6 Å². The summed E-state index contributed by atoms with van der Waals surface area (Å²) in [6.07, 6.45) is -4.78. The molecule has 104 valence electrons. The van der Waals surface area contributed by atoms with Crippen molar-refractivity contribution in [2.75, 3.05) is 23.5 Å². The molecule has 0 saturated carbocycles. The summed E-state index contributed by atoms with van der Waals surface area (Å²) in [4.78, 5) is 13.1. The van der Waals surface area contributed by atoms with Crippen LogP contribution in [0.1, 0.15) is 5.56 Å². The number of thioether (sulfide) groups is 1. The van der Waals surface area contributed by atoms with Gasteiger partial charge in [0.25, 0.3) is 0 Å². The van der Waals surface area contributed by atoms with E-state index in [0.29, 0.717) is 18.5 Å². The van der Waals surface area contributed by atoms with Crippen molar-refractivity contribution in [2.24, 2.45) is 0 Å². The van der Waals surface area contributed by atoms with Crippen LogP contribution in [0, 0.1) is 5.82 Å². The van der Waals surface area contributed by atoms with Gasteiger partial charge in [-0.25, -0.2) is 9.18 Å². The van der Waals surface area contributed by atoms with Gasteiger partial charge in [-0.2, -0.15) is 13.2 Å². The standard InChI is InChI=1S/C11H10F4N2OS/c12-9-7(11(13,14)15)2-1-3-8(9)16-10(18)17-4-5-19-6-17/h1-3H,4-6H2,(H,16,18). The van der Waals surface area contributed by atoms with Gasteiger partial charge < -0.3 is 10.2 Å². The molecule has 3 nitrogen and oxygen atoms in total. The maximum Gasteiger partial charge on any atom is 0.419 e. The molecule has 0 atom stereocenters. The number of urea groups is 1. The van der Waals surface area contributed by atoms with Gasteiger partial charge in [0.2, 0.25) is 0 Å². The van der Waals surface area contributed by atoms with Crippen molar-refractivity contribution in [3.8, 4) is 0 Å². The first-order valence-corrected chi connectivity index (χ1v) is 6.54. The number of nitrogens with zero attached hydrogens (tertiary/aromatic N) is 1. The Kier molecular flexibility index (Phi) is 3.88. The number of halogens is 4. The lowest BCUT2D eigenvalue weighted by molar-refractivity contribution is -0.139. The van der Waals surface area contributed by atoms with Crippen molar-refractivity contribution >= 4 is 23.5 Å². The summed E-state index contributed by atoms with van der Waals surface area (Å²) in [5, 5.41) is 2.16. The smallest absolute Gasteiger partial charge is 0.314 e. The quantitative estimate of drug-likeness (QED) is 0.805. The zero-order valence-electron chi connectivity index (χ0n) is 9.63. The SMILES string of the molecule is O=C(Nc1cccc(C(F)(F)F)c1F)N1CCSC1. The van der Waals surface area contributed by atoms with Crippen LogP contribution < -0.4 is 5.32 Å². The van der Waals surface area contributed by atoms with Crippen molar-refractivity contribution in [1.29, 1.82) is 0 Å². The Labute approximate surface area is 111 Å². The third-order valence-electron chi connectivity index (χ3n) is 2.59. The summed E-state index contributed by atoms with van der Waals surface area (Å²) in [5.74, 6) is -0.250. The molecule has 2 rings (SSSR count). The number of amides is 2. The number of nitrogens with one attached hydrogen (secondary N) is 1. The minimum Gasteiger partial charge on any atom is -0.314 e. The second-order valence-corrected chi connectivity index (χ2v) is 4.97. The molecule has 0 aromatic heterocycles. The lowest BCUT2D eigenvalue weighted by Gasteiger charge is -2.17. The number of carbonyl (C=O) groups excluding carboxylic acids is 1. The van der Waals surface area contributed by atoms with E-state index in [1.165, 1.54) is 16.7 Å².